The van der Waals surface area contributed by atoms with E-state index >= 15 is 0 Å². The minimum atomic E-state index is -0.723. The number of anilines is 1. The number of nitrogens with one attached hydrogen (secondary N) is 1. The number of rotatable bonds is 4. The van der Waals surface area contributed by atoms with Crippen LogP contribution >= 0.6 is 0 Å². The molecule has 7 nitrogen and oxygen atoms in total. The Morgan fingerprint density at radius 1 is 1.10 bits per heavy atom. The van der Waals surface area contributed by atoms with E-state index < -0.39 is 12.0 Å². The van der Waals surface area contributed by atoms with Gasteiger partial charge in [0.15, 0.2) is 0 Å². The van der Waals surface area contributed by atoms with Crippen LogP contribution in [0, 0.1) is 0 Å². The minimum absolute atomic E-state index is 0.0706. The predicted molar refractivity (Wildman–Crippen MR) is 117 cm³/mol. The molecule has 1 atom stereocenters. The Morgan fingerprint density at radius 3 is 2.68 bits per heavy atom. The van der Waals surface area contributed by atoms with Gasteiger partial charge in [-0.25, -0.2) is 9.48 Å². The maximum absolute atomic E-state index is 13.3. The maximum Gasteiger partial charge on any atom is 0.338 e. The van der Waals surface area contributed by atoms with Gasteiger partial charge in [0.25, 0.3) is 0 Å². The topological polar surface area (TPSA) is 89.3 Å². The fourth-order valence-corrected chi connectivity index (χ4v) is 4.06. The number of nitrogens with zero attached hydrogens (tertiary/aromatic N) is 3. The number of carbonyl (C=O) groups is 1. The molecule has 1 aromatic heterocycles. The van der Waals surface area contributed by atoms with Crippen molar-refractivity contribution in [2.45, 2.75) is 13.0 Å². The fourth-order valence-electron chi connectivity index (χ4n) is 4.06. The third kappa shape index (κ3) is 3.11. The smallest absolute Gasteiger partial charge is 0.338 e. The van der Waals surface area contributed by atoms with Crippen molar-refractivity contribution in [3.8, 4) is 5.75 Å². The first kappa shape index (κ1) is 18.9. The van der Waals surface area contributed by atoms with Gasteiger partial charge in [-0.3, -0.25) is 0 Å². The zero-order chi connectivity index (χ0) is 21.4. The van der Waals surface area contributed by atoms with Gasteiger partial charge >= 0.3 is 5.97 Å². The van der Waals surface area contributed by atoms with E-state index in [9.17, 15) is 9.90 Å². The van der Waals surface area contributed by atoms with E-state index in [0.717, 1.165) is 16.3 Å². The summed E-state index contributed by atoms with van der Waals surface area (Å²) < 4.78 is 7.06. The Kier molecular flexibility index (Phi) is 4.63. The molecule has 0 radical (unpaired) electrons. The van der Waals surface area contributed by atoms with Gasteiger partial charge in [-0.2, -0.15) is 10.1 Å². The number of fused-ring (bicyclic) bond motifs is 2. The second kappa shape index (κ2) is 7.60. The standard InChI is InChI=1S/C24H20N4O3/c1-2-31-23(30)20-21(16-9-4-3-5-10-16)27-24-25-14-26-28(24)22(20)19-17-11-7-6-8-15(17)12-13-18(19)29/h3-14,22,29H,2H2,1H3,(H,25,26,27)/t22-/m0/s1. The number of hydrogen-bond acceptors (Lipinski definition) is 6. The van der Waals surface area contributed by atoms with Crippen LogP contribution in [0.1, 0.15) is 24.1 Å². The first-order valence-corrected chi connectivity index (χ1v) is 10.0. The lowest BCUT2D eigenvalue weighted by molar-refractivity contribution is -0.138. The molecule has 4 aromatic rings. The van der Waals surface area contributed by atoms with E-state index in [4.69, 9.17) is 4.74 Å². The molecule has 7 heteroatoms. The quantitative estimate of drug-likeness (QED) is 0.490. The number of benzene rings is 3. The van der Waals surface area contributed by atoms with E-state index in [2.05, 4.69) is 15.4 Å². The maximum atomic E-state index is 13.3. The summed E-state index contributed by atoms with van der Waals surface area (Å²) in [6.45, 7) is 1.99. The van der Waals surface area contributed by atoms with Gasteiger partial charge in [0.1, 0.15) is 18.1 Å². The SMILES string of the molecule is CCOC(=O)C1=C(c2ccccc2)Nc2ncnn2[C@H]1c1c(O)ccc2ccccc12. The molecule has 0 saturated heterocycles. The van der Waals surface area contributed by atoms with Crippen molar-refractivity contribution in [3.63, 3.8) is 0 Å². The van der Waals surface area contributed by atoms with E-state index in [1.165, 1.54) is 6.33 Å². The Morgan fingerprint density at radius 2 is 1.87 bits per heavy atom. The van der Waals surface area contributed by atoms with Crippen molar-refractivity contribution in [1.82, 2.24) is 14.8 Å². The number of carbonyl (C=O) groups excluding carboxylic acids is 1. The van der Waals surface area contributed by atoms with Crippen molar-refractivity contribution in [1.29, 1.82) is 0 Å². The summed E-state index contributed by atoms with van der Waals surface area (Å²) in [5.74, 6) is 0.0674. The second-order valence-corrected chi connectivity index (χ2v) is 7.15. The van der Waals surface area contributed by atoms with Crippen LogP contribution in [0.3, 0.4) is 0 Å². The number of ether oxygens (including phenoxy) is 1. The highest BCUT2D eigenvalue weighted by atomic mass is 16.5. The van der Waals surface area contributed by atoms with Crippen LogP contribution in [-0.4, -0.2) is 32.4 Å². The normalized spacial score (nSPS) is 15.5. The third-order valence-corrected chi connectivity index (χ3v) is 5.38. The van der Waals surface area contributed by atoms with Crippen LogP contribution < -0.4 is 5.32 Å². The number of hydrogen-bond donors (Lipinski definition) is 2. The fraction of sp³-hybridized carbons (Fsp3) is 0.125. The van der Waals surface area contributed by atoms with Crippen LogP contribution in [0.2, 0.25) is 0 Å². The van der Waals surface area contributed by atoms with Crippen LogP contribution in [0.5, 0.6) is 5.75 Å². The van der Waals surface area contributed by atoms with Crippen molar-refractivity contribution < 1.29 is 14.6 Å². The molecule has 2 heterocycles. The van der Waals surface area contributed by atoms with E-state index in [1.807, 2.05) is 60.7 Å². The molecule has 1 aliphatic rings. The molecular formula is C24H20N4O3. The molecule has 0 saturated carbocycles. The zero-order valence-corrected chi connectivity index (χ0v) is 16.8. The summed E-state index contributed by atoms with van der Waals surface area (Å²) in [4.78, 5) is 17.6. The molecule has 3 aromatic carbocycles. The Balaban J connectivity index is 1.85. The Hall–Kier alpha value is -4.13. The van der Waals surface area contributed by atoms with Gasteiger partial charge in [0, 0.05) is 5.56 Å². The Labute approximate surface area is 178 Å². The molecule has 2 N–H and O–H groups in total. The van der Waals surface area contributed by atoms with Gasteiger partial charge in [-0.05, 0) is 29.3 Å². The summed E-state index contributed by atoms with van der Waals surface area (Å²) in [6.07, 6.45) is 1.42. The van der Waals surface area contributed by atoms with Crippen LogP contribution in [0.4, 0.5) is 5.95 Å². The monoisotopic (exact) mass is 412 g/mol. The highest BCUT2D eigenvalue weighted by molar-refractivity contribution is 6.03. The van der Waals surface area contributed by atoms with Crippen molar-refractivity contribution >= 4 is 28.4 Å². The zero-order valence-electron chi connectivity index (χ0n) is 16.8. The molecule has 0 spiro atoms. The van der Waals surface area contributed by atoms with Crippen LogP contribution in [-0.2, 0) is 9.53 Å². The van der Waals surface area contributed by atoms with Crippen LogP contribution in [0.15, 0.2) is 78.6 Å². The number of esters is 1. The lowest BCUT2D eigenvalue weighted by atomic mass is 9.89. The van der Waals surface area contributed by atoms with Gasteiger partial charge in [-0.1, -0.05) is 60.7 Å². The molecule has 0 unspecified atom stereocenters. The van der Waals surface area contributed by atoms with Crippen molar-refractivity contribution in [2.24, 2.45) is 0 Å². The summed E-state index contributed by atoms with van der Waals surface area (Å²) in [7, 11) is 0. The van der Waals surface area contributed by atoms with Gasteiger partial charge in [0.05, 0.1) is 17.9 Å². The molecule has 0 amide bonds. The van der Waals surface area contributed by atoms with Gasteiger partial charge in [-0.15, -0.1) is 0 Å². The second-order valence-electron chi connectivity index (χ2n) is 7.15. The molecular weight excluding hydrogens is 392 g/mol. The van der Waals surface area contributed by atoms with Gasteiger partial charge < -0.3 is 15.2 Å². The van der Waals surface area contributed by atoms with E-state index in [-0.39, 0.29) is 12.4 Å². The van der Waals surface area contributed by atoms with Crippen LogP contribution in [0.25, 0.3) is 16.5 Å². The third-order valence-electron chi connectivity index (χ3n) is 5.38. The highest BCUT2D eigenvalue weighted by Gasteiger charge is 2.38. The van der Waals surface area contributed by atoms with E-state index in [1.54, 1.807) is 17.7 Å². The predicted octanol–water partition coefficient (Wildman–Crippen LogP) is 4.13. The minimum Gasteiger partial charge on any atom is -0.508 e. The molecule has 0 bridgehead atoms. The number of aromatic nitrogens is 3. The van der Waals surface area contributed by atoms with E-state index in [0.29, 0.717) is 22.8 Å². The largest absolute Gasteiger partial charge is 0.508 e. The molecule has 31 heavy (non-hydrogen) atoms. The number of phenolic OH excluding ortho intramolecular Hbond substituents is 1. The summed E-state index contributed by atoms with van der Waals surface area (Å²) in [6, 6.07) is 20.0. The number of aromatic hydroxyl groups is 1. The number of phenols is 1. The molecule has 154 valence electrons. The summed E-state index contributed by atoms with van der Waals surface area (Å²) >= 11 is 0. The Bertz CT molecular complexity index is 1310. The average Bonchev–Trinajstić information content (AvgIpc) is 3.27. The highest BCUT2D eigenvalue weighted by Crippen LogP contribution is 2.44. The van der Waals surface area contributed by atoms with Crippen molar-refractivity contribution in [2.75, 3.05) is 11.9 Å². The molecule has 5 rings (SSSR count). The first-order valence-electron chi connectivity index (χ1n) is 10.0. The van der Waals surface area contributed by atoms with Crippen molar-refractivity contribution in [3.05, 3.63) is 89.8 Å². The molecule has 1 aliphatic heterocycles. The molecule has 0 fully saturated rings. The van der Waals surface area contributed by atoms with Gasteiger partial charge in [0.2, 0.25) is 5.95 Å². The molecule has 0 aliphatic carbocycles. The average molecular weight is 412 g/mol. The summed E-state index contributed by atoms with van der Waals surface area (Å²) in [5, 5.41) is 20.3. The summed E-state index contributed by atoms with van der Waals surface area (Å²) in [5.41, 5.74) is 2.32. The first-order chi connectivity index (χ1) is 15.2. The lowest BCUT2D eigenvalue weighted by Gasteiger charge is -2.30. The lowest BCUT2D eigenvalue weighted by Crippen LogP contribution is -2.30.